The van der Waals surface area contributed by atoms with Gasteiger partial charge in [-0.15, -0.1) is 0 Å². The molecule has 126 valence electrons. The number of rotatable bonds is 14. The quantitative estimate of drug-likeness (QED) is 0.401. The first-order valence-electron chi connectivity index (χ1n) is 9.15. The van der Waals surface area contributed by atoms with Crippen molar-refractivity contribution < 1.29 is 5.11 Å². The van der Waals surface area contributed by atoms with Crippen LogP contribution in [0.5, 0.6) is 0 Å². The number of aliphatic hydroxyl groups excluding tert-OH is 1. The number of benzene rings is 1. The third-order valence-electron chi connectivity index (χ3n) is 4.10. The van der Waals surface area contributed by atoms with Crippen molar-refractivity contribution in [3.63, 3.8) is 0 Å². The Morgan fingerprint density at radius 1 is 0.818 bits per heavy atom. The molecule has 1 atom stereocenters. The van der Waals surface area contributed by atoms with Gasteiger partial charge in [0.25, 0.3) is 0 Å². The summed E-state index contributed by atoms with van der Waals surface area (Å²) in [6.07, 6.45) is 13.6. The summed E-state index contributed by atoms with van der Waals surface area (Å²) in [5, 5.41) is 10.1. The Kier molecular flexibility index (Phi) is 12.6. The van der Waals surface area contributed by atoms with Gasteiger partial charge in [-0.1, -0.05) is 95.0 Å². The molecule has 0 aliphatic rings. The molecule has 0 bridgehead atoms. The smallest absolute Gasteiger partial charge is 0.0880 e. The van der Waals surface area contributed by atoms with Crippen molar-refractivity contribution in [2.75, 3.05) is 11.5 Å². The molecular formula is C20H34OS. The Bertz CT molecular complexity index is 339. The predicted octanol–water partition coefficient (Wildman–Crippen LogP) is 6.37. The molecule has 0 saturated heterocycles. The van der Waals surface area contributed by atoms with Gasteiger partial charge in [-0.2, -0.15) is 11.8 Å². The van der Waals surface area contributed by atoms with Gasteiger partial charge in [0.15, 0.2) is 0 Å². The molecule has 0 fully saturated rings. The minimum absolute atomic E-state index is 0.311. The van der Waals surface area contributed by atoms with Crippen molar-refractivity contribution in [1.82, 2.24) is 0 Å². The first kappa shape index (κ1) is 19.6. The maximum Gasteiger partial charge on any atom is 0.0880 e. The molecule has 1 rings (SSSR count). The van der Waals surface area contributed by atoms with Crippen molar-refractivity contribution in [2.45, 2.75) is 77.2 Å². The van der Waals surface area contributed by atoms with E-state index in [9.17, 15) is 5.11 Å². The molecule has 22 heavy (non-hydrogen) atoms. The third kappa shape index (κ3) is 10.3. The first-order valence-corrected chi connectivity index (χ1v) is 10.3. The molecule has 0 amide bonds. The van der Waals surface area contributed by atoms with Gasteiger partial charge in [-0.3, -0.25) is 0 Å². The van der Waals surface area contributed by atoms with Crippen LogP contribution < -0.4 is 0 Å². The Morgan fingerprint density at radius 3 is 1.95 bits per heavy atom. The Morgan fingerprint density at radius 2 is 1.36 bits per heavy atom. The van der Waals surface area contributed by atoms with E-state index in [0.717, 1.165) is 11.3 Å². The summed E-state index contributed by atoms with van der Waals surface area (Å²) in [4.78, 5) is 0. The van der Waals surface area contributed by atoms with Crippen LogP contribution in [0.25, 0.3) is 0 Å². The van der Waals surface area contributed by atoms with Gasteiger partial charge in [0.1, 0.15) is 0 Å². The summed E-state index contributed by atoms with van der Waals surface area (Å²) in [7, 11) is 0. The van der Waals surface area contributed by atoms with E-state index in [4.69, 9.17) is 0 Å². The Labute approximate surface area is 141 Å². The minimum Gasteiger partial charge on any atom is -0.388 e. The van der Waals surface area contributed by atoms with Crippen LogP contribution in [0.3, 0.4) is 0 Å². The summed E-state index contributed by atoms with van der Waals surface area (Å²) in [5.74, 6) is 2.00. The van der Waals surface area contributed by atoms with Crippen LogP contribution in [0.15, 0.2) is 30.3 Å². The number of aliphatic hydroxyl groups is 1. The van der Waals surface area contributed by atoms with Gasteiger partial charge in [-0.05, 0) is 17.7 Å². The molecule has 0 aromatic heterocycles. The molecular weight excluding hydrogens is 288 g/mol. The van der Waals surface area contributed by atoms with Gasteiger partial charge in [0, 0.05) is 5.75 Å². The highest BCUT2D eigenvalue weighted by Crippen LogP contribution is 2.19. The standard InChI is InChI=1S/C20H34OS/c1-2-3-4-5-6-7-8-9-10-14-17-22-18-20(21)19-15-12-11-13-16-19/h11-13,15-16,20-21H,2-10,14,17-18H2,1H3/t20-/m1/s1. The van der Waals surface area contributed by atoms with E-state index >= 15 is 0 Å². The van der Waals surface area contributed by atoms with Crippen molar-refractivity contribution in [3.8, 4) is 0 Å². The van der Waals surface area contributed by atoms with E-state index in [1.54, 1.807) is 0 Å². The van der Waals surface area contributed by atoms with Crippen molar-refractivity contribution >= 4 is 11.8 Å². The first-order chi connectivity index (χ1) is 10.8. The van der Waals surface area contributed by atoms with Crippen molar-refractivity contribution in [1.29, 1.82) is 0 Å². The van der Waals surface area contributed by atoms with E-state index in [2.05, 4.69) is 6.92 Å². The van der Waals surface area contributed by atoms with Crippen LogP contribution >= 0.6 is 11.8 Å². The van der Waals surface area contributed by atoms with Crippen LogP contribution in [0, 0.1) is 0 Å². The SMILES string of the molecule is CCCCCCCCCCCCSC[C@@H](O)c1ccccc1. The van der Waals surface area contributed by atoms with Gasteiger partial charge in [0.2, 0.25) is 0 Å². The summed E-state index contributed by atoms with van der Waals surface area (Å²) < 4.78 is 0. The highest BCUT2D eigenvalue weighted by atomic mass is 32.2. The molecule has 2 heteroatoms. The van der Waals surface area contributed by atoms with E-state index in [1.807, 2.05) is 42.1 Å². The lowest BCUT2D eigenvalue weighted by Gasteiger charge is -2.10. The largest absolute Gasteiger partial charge is 0.388 e. The molecule has 1 N–H and O–H groups in total. The monoisotopic (exact) mass is 322 g/mol. The fourth-order valence-corrected chi connectivity index (χ4v) is 3.65. The fourth-order valence-electron chi connectivity index (χ4n) is 2.66. The number of unbranched alkanes of at least 4 members (excludes halogenated alkanes) is 9. The molecule has 0 aliphatic carbocycles. The molecule has 0 unspecified atom stereocenters. The fraction of sp³-hybridized carbons (Fsp3) is 0.700. The van der Waals surface area contributed by atoms with Crippen LogP contribution in [0.2, 0.25) is 0 Å². The lowest BCUT2D eigenvalue weighted by atomic mass is 10.1. The highest BCUT2D eigenvalue weighted by molar-refractivity contribution is 7.99. The normalized spacial score (nSPS) is 12.5. The summed E-state index contributed by atoms with van der Waals surface area (Å²) in [6.45, 7) is 2.27. The summed E-state index contributed by atoms with van der Waals surface area (Å²) >= 11 is 1.88. The second-order valence-electron chi connectivity index (χ2n) is 6.18. The predicted molar refractivity (Wildman–Crippen MR) is 101 cm³/mol. The third-order valence-corrected chi connectivity index (χ3v) is 5.23. The maximum absolute atomic E-state index is 10.1. The number of hydrogen-bond acceptors (Lipinski definition) is 2. The van der Waals surface area contributed by atoms with E-state index in [-0.39, 0.29) is 6.10 Å². The molecule has 0 radical (unpaired) electrons. The topological polar surface area (TPSA) is 20.2 Å². The van der Waals surface area contributed by atoms with Crippen LogP contribution in [0.4, 0.5) is 0 Å². The van der Waals surface area contributed by atoms with Gasteiger partial charge in [-0.25, -0.2) is 0 Å². The molecule has 1 aromatic rings. The average molecular weight is 323 g/mol. The molecule has 1 aromatic carbocycles. The van der Waals surface area contributed by atoms with E-state index in [1.165, 1.54) is 70.0 Å². The number of thioether (sulfide) groups is 1. The minimum atomic E-state index is -0.311. The Hall–Kier alpha value is -0.470. The van der Waals surface area contributed by atoms with Crippen LogP contribution in [0.1, 0.15) is 82.8 Å². The molecule has 0 saturated carbocycles. The van der Waals surface area contributed by atoms with Crippen LogP contribution in [-0.2, 0) is 0 Å². The second-order valence-corrected chi connectivity index (χ2v) is 7.33. The van der Waals surface area contributed by atoms with Crippen LogP contribution in [-0.4, -0.2) is 16.6 Å². The van der Waals surface area contributed by atoms with E-state index in [0.29, 0.717) is 0 Å². The zero-order valence-electron chi connectivity index (χ0n) is 14.3. The zero-order valence-corrected chi connectivity index (χ0v) is 15.1. The van der Waals surface area contributed by atoms with Crippen molar-refractivity contribution in [2.24, 2.45) is 0 Å². The maximum atomic E-state index is 10.1. The summed E-state index contributed by atoms with van der Waals surface area (Å²) in [5.41, 5.74) is 1.04. The van der Waals surface area contributed by atoms with Crippen molar-refractivity contribution in [3.05, 3.63) is 35.9 Å². The lowest BCUT2D eigenvalue weighted by molar-refractivity contribution is 0.204. The number of hydrogen-bond donors (Lipinski definition) is 1. The molecule has 0 heterocycles. The van der Waals surface area contributed by atoms with Gasteiger partial charge < -0.3 is 5.11 Å². The lowest BCUT2D eigenvalue weighted by Crippen LogP contribution is -2.00. The average Bonchev–Trinajstić information content (AvgIpc) is 2.56. The molecule has 0 spiro atoms. The summed E-state index contributed by atoms with van der Waals surface area (Å²) in [6, 6.07) is 9.99. The highest BCUT2D eigenvalue weighted by Gasteiger charge is 2.05. The van der Waals surface area contributed by atoms with Gasteiger partial charge >= 0.3 is 0 Å². The second kappa shape index (κ2) is 14.1. The van der Waals surface area contributed by atoms with Gasteiger partial charge in [0.05, 0.1) is 6.10 Å². The van der Waals surface area contributed by atoms with E-state index < -0.39 is 0 Å². The zero-order chi connectivity index (χ0) is 15.9. The molecule has 1 nitrogen and oxygen atoms in total. The molecule has 0 aliphatic heterocycles. The Balaban J connectivity index is 1.84.